The summed E-state index contributed by atoms with van der Waals surface area (Å²) in [6.07, 6.45) is 3.46. The number of aromatic nitrogens is 2. The van der Waals surface area contributed by atoms with Crippen LogP contribution < -0.4 is 10.6 Å². The third-order valence-electron chi connectivity index (χ3n) is 2.83. The highest BCUT2D eigenvalue weighted by Crippen LogP contribution is 2.25. The molecule has 3 rings (SSSR count). The van der Waals surface area contributed by atoms with E-state index in [9.17, 15) is 4.79 Å². The zero-order valence-corrected chi connectivity index (χ0v) is 12.2. The zero-order chi connectivity index (χ0) is 14.8. The van der Waals surface area contributed by atoms with E-state index in [2.05, 4.69) is 15.7 Å². The summed E-state index contributed by atoms with van der Waals surface area (Å²) < 4.78 is 1.71. The van der Waals surface area contributed by atoms with Crippen LogP contribution in [0.15, 0.2) is 48.8 Å². The summed E-state index contributed by atoms with van der Waals surface area (Å²) in [6, 6.07) is 9.95. The van der Waals surface area contributed by atoms with Crippen LogP contribution in [-0.4, -0.2) is 15.6 Å². The Balaban J connectivity index is 1.71. The number of amides is 2. The van der Waals surface area contributed by atoms with E-state index < -0.39 is 0 Å². The standard InChI is InChI=1S/C14H10Cl2N4O/c15-12-2-1-9(8-13(12)16)18-14(21)19-10-4-6-20-11(7-10)3-5-17-20/h1-8H,(H2,18,19,21). The average Bonchev–Trinajstić information content (AvgIpc) is 2.90. The summed E-state index contributed by atoms with van der Waals surface area (Å²) in [5, 5.41) is 10.3. The summed E-state index contributed by atoms with van der Waals surface area (Å²) >= 11 is 11.7. The van der Waals surface area contributed by atoms with Crippen LogP contribution in [0, 0.1) is 0 Å². The SMILES string of the molecule is O=C(Nc1ccc(Cl)c(Cl)c1)Nc1ccn2nccc2c1. The number of carbonyl (C=O) groups is 1. The third-order valence-corrected chi connectivity index (χ3v) is 3.57. The van der Waals surface area contributed by atoms with Crippen LogP contribution in [0.4, 0.5) is 16.2 Å². The molecule has 3 aromatic rings. The number of carbonyl (C=O) groups excluding carboxylic acids is 1. The van der Waals surface area contributed by atoms with Crippen LogP contribution in [0.25, 0.3) is 5.52 Å². The van der Waals surface area contributed by atoms with Crippen molar-refractivity contribution in [2.24, 2.45) is 0 Å². The number of anilines is 2. The second-order valence-corrected chi connectivity index (χ2v) is 5.14. The Kier molecular flexibility index (Phi) is 3.68. The van der Waals surface area contributed by atoms with Gasteiger partial charge in [-0.2, -0.15) is 5.10 Å². The minimum Gasteiger partial charge on any atom is -0.308 e. The van der Waals surface area contributed by atoms with Gasteiger partial charge in [0.05, 0.1) is 15.6 Å². The van der Waals surface area contributed by atoms with Crippen LogP contribution in [0.2, 0.25) is 10.0 Å². The minimum absolute atomic E-state index is 0.364. The number of hydrogen-bond donors (Lipinski definition) is 2. The summed E-state index contributed by atoms with van der Waals surface area (Å²) in [5.41, 5.74) is 2.12. The van der Waals surface area contributed by atoms with Gasteiger partial charge in [0.2, 0.25) is 0 Å². The van der Waals surface area contributed by atoms with Crippen molar-refractivity contribution >= 4 is 46.1 Å². The molecule has 0 unspecified atom stereocenters. The number of benzene rings is 1. The molecular weight excluding hydrogens is 311 g/mol. The lowest BCUT2D eigenvalue weighted by Gasteiger charge is -2.08. The highest BCUT2D eigenvalue weighted by Gasteiger charge is 2.05. The minimum atomic E-state index is -0.364. The highest BCUT2D eigenvalue weighted by atomic mass is 35.5. The number of hydrogen-bond acceptors (Lipinski definition) is 2. The van der Waals surface area contributed by atoms with Crippen LogP contribution in [-0.2, 0) is 0 Å². The first-order chi connectivity index (χ1) is 10.1. The molecular formula is C14H10Cl2N4O. The Bertz CT molecular complexity index is 816. The maximum atomic E-state index is 11.9. The number of rotatable bonds is 2. The van der Waals surface area contributed by atoms with Crippen LogP contribution >= 0.6 is 23.2 Å². The van der Waals surface area contributed by atoms with Gasteiger partial charge in [-0.05, 0) is 36.4 Å². The fourth-order valence-corrected chi connectivity index (χ4v) is 2.16. The number of nitrogens with one attached hydrogen (secondary N) is 2. The first-order valence-electron chi connectivity index (χ1n) is 6.08. The molecule has 21 heavy (non-hydrogen) atoms. The van der Waals surface area contributed by atoms with Crippen molar-refractivity contribution in [2.45, 2.75) is 0 Å². The number of urea groups is 1. The summed E-state index contributed by atoms with van der Waals surface area (Å²) in [7, 11) is 0. The Labute approximate surface area is 130 Å². The van der Waals surface area contributed by atoms with Gasteiger partial charge < -0.3 is 10.6 Å². The molecule has 0 fully saturated rings. The number of halogens is 2. The van der Waals surface area contributed by atoms with E-state index in [1.165, 1.54) is 0 Å². The molecule has 0 aliphatic rings. The zero-order valence-electron chi connectivity index (χ0n) is 10.7. The van der Waals surface area contributed by atoms with Crippen molar-refractivity contribution in [2.75, 3.05) is 10.6 Å². The smallest absolute Gasteiger partial charge is 0.308 e. The van der Waals surface area contributed by atoms with E-state index in [1.54, 1.807) is 41.2 Å². The number of fused-ring (bicyclic) bond motifs is 1. The fraction of sp³-hybridized carbons (Fsp3) is 0. The van der Waals surface area contributed by atoms with Gasteiger partial charge in [-0.1, -0.05) is 23.2 Å². The number of nitrogens with zero attached hydrogens (tertiary/aromatic N) is 2. The first kappa shape index (κ1) is 13.7. The second-order valence-electron chi connectivity index (χ2n) is 4.32. The van der Waals surface area contributed by atoms with Crippen molar-refractivity contribution in [3.05, 3.63) is 58.8 Å². The first-order valence-corrected chi connectivity index (χ1v) is 6.84. The second kappa shape index (κ2) is 5.63. The Morgan fingerprint density at radius 1 is 1.00 bits per heavy atom. The van der Waals surface area contributed by atoms with E-state index >= 15 is 0 Å². The predicted octanol–water partition coefficient (Wildman–Crippen LogP) is 4.29. The molecule has 0 aliphatic carbocycles. The molecule has 5 nitrogen and oxygen atoms in total. The van der Waals surface area contributed by atoms with Crippen molar-refractivity contribution in [1.82, 2.24) is 9.61 Å². The predicted molar refractivity (Wildman–Crippen MR) is 84.3 cm³/mol. The summed E-state index contributed by atoms with van der Waals surface area (Å²) in [4.78, 5) is 11.9. The molecule has 2 aromatic heterocycles. The molecule has 0 atom stereocenters. The molecule has 1 aromatic carbocycles. The van der Waals surface area contributed by atoms with Crippen molar-refractivity contribution < 1.29 is 4.79 Å². The van der Waals surface area contributed by atoms with Crippen LogP contribution in [0.5, 0.6) is 0 Å². The molecule has 0 spiro atoms. The molecule has 2 N–H and O–H groups in total. The molecule has 0 saturated heterocycles. The largest absolute Gasteiger partial charge is 0.323 e. The maximum absolute atomic E-state index is 11.9. The van der Waals surface area contributed by atoms with E-state index in [1.807, 2.05) is 12.1 Å². The van der Waals surface area contributed by atoms with Gasteiger partial charge >= 0.3 is 6.03 Å². The molecule has 2 amide bonds. The van der Waals surface area contributed by atoms with Gasteiger partial charge in [0.25, 0.3) is 0 Å². The third kappa shape index (κ3) is 3.09. The summed E-state index contributed by atoms with van der Waals surface area (Å²) in [6.45, 7) is 0. The van der Waals surface area contributed by atoms with Gasteiger partial charge in [0.1, 0.15) is 0 Å². The lowest BCUT2D eigenvalue weighted by molar-refractivity contribution is 0.262. The van der Waals surface area contributed by atoms with Crippen LogP contribution in [0.3, 0.4) is 0 Å². The van der Waals surface area contributed by atoms with E-state index in [0.29, 0.717) is 21.4 Å². The summed E-state index contributed by atoms with van der Waals surface area (Å²) in [5.74, 6) is 0. The lowest BCUT2D eigenvalue weighted by Crippen LogP contribution is -2.19. The van der Waals surface area contributed by atoms with Crippen molar-refractivity contribution in [3.8, 4) is 0 Å². The van der Waals surface area contributed by atoms with E-state index in [-0.39, 0.29) is 6.03 Å². The Morgan fingerprint density at radius 3 is 2.52 bits per heavy atom. The van der Waals surface area contributed by atoms with Gasteiger partial charge in [-0.25, -0.2) is 9.31 Å². The van der Waals surface area contributed by atoms with E-state index in [4.69, 9.17) is 23.2 Å². The van der Waals surface area contributed by atoms with Gasteiger partial charge in [-0.3, -0.25) is 0 Å². The van der Waals surface area contributed by atoms with Crippen LogP contribution in [0.1, 0.15) is 0 Å². The lowest BCUT2D eigenvalue weighted by atomic mass is 10.3. The van der Waals surface area contributed by atoms with E-state index in [0.717, 1.165) is 5.52 Å². The highest BCUT2D eigenvalue weighted by molar-refractivity contribution is 6.42. The average molecular weight is 321 g/mol. The normalized spacial score (nSPS) is 10.6. The molecule has 2 heterocycles. The monoisotopic (exact) mass is 320 g/mol. The molecule has 7 heteroatoms. The maximum Gasteiger partial charge on any atom is 0.323 e. The molecule has 0 radical (unpaired) electrons. The number of pyridine rings is 1. The molecule has 0 aliphatic heterocycles. The molecule has 0 saturated carbocycles. The van der Waals surface area contributed by atoms with Gasteiger partial charge in [0, 0.05) is 23.8 Å². The molecule has 0 bridgehead atoms. The van der Waals surface area contributed by atoms with Gasteiger partial charge in [0.15, 0.2) is 0 Å². The van der Waals surface area contributed by atoms with Crippen molar-refractivity contribution in [1.29, 1.82) is 0 Å². The quantitative estimate of drug-likeness (QED) is 0.740. The topological polar surface area (TPSA) is 58.4 Å². The Hall–Kier alpha value is -2.24. The van der Waals surface area contributed by atoms with Gasteiger partial charge in [-0.15, -0.1) is 0 Å². The fourth-order valence-electron chi connectivity index (χ4n) is 1.87. The van der Waals surface area contributed by atoms with Crippen molar-refractivity contribution in [3.63, 3.8) is 0 Å². The molecule has 106 valence electrons. The Morgan fingerprint density at radius 2 is 1.76 bits per heavy atom.